The first-order valence-electron chi connectivity index (χ1n) is 9.53. The molecule has 134 valence electrons. The maximum atomic E-state index is 4.58. The average molecular weight is 352 g/mol. The van der Waals surface area contributed by atoms with Crippen molar-refractivity contribution in [3.05, 3.63) is 25.3 Å². The predicted octanol–water partition coefficient (Wildman–Crippen LogP) is 7.19. The van der Waals surface area contributed by atoms with Gasteiger partial charge in [-0.1, -0.05) is 76.1 Å². The summed E-state index contributed by atoms with van der Waals surface area (Å²) in [5, 5.41) is 0. The van der Waals surface area contributed by atoms with Crippen LogP contribution in [0.5, 0.6) is 0 Å². The van der Waals surface area contributed by atoms with Crippen LogP contribution in [0.15, 0.2) is 30.3 Å². The molecule has 0 fully saturated rings. The van der Waals surface area contributed by atoms with Crippen LogP contribution in [0.3, 0.4) is 0 Å². The fourth-order valence-electron chi connectivity index (χ4n) is 2.96. The van der Waals surface area contributed by atoms with Crippen molar-refractivity contribution in [3.8, 4) is 0 Å². The normalized spacial score (nSPS) is 12.7. The van der Waals surface area contributed by atoms with Gasteiger partial charge in [-0.15, -0.1) is 13.2 Å². The van der Waals surface area contributed by atoms with Crippen molar-refractivity contribution in [3.63, 3.8) is 0 Å². The van der Waals surface area contributed by atoms with Gasteiger partial charge in [0, 0.05) is 6.54 Å². The van der Waals surface area contributed by atoms with Gasteiger partial charge in [0.25, 0.3) is 0 Å². The molecule has 0 aromatic carbocycles. The van der Waals surface area contributed by atoms with Crippen LogP contribution >= 0.6 is 0 Å². The number of allylic oxidation sites excluding steroid dienone is 2. The Morgan fingerprint density at radius 3 is 1.87 bits per heavy atom. The average Bonchev–Trinajstić information content (AvgIpc) is 2.44. The molecular weight excluding hydrogens is 310 g/mol. The molecule has 23 heavy (non-hydrogen) atoms. The van der Waals surface area contributed by atoms with E-state index in [1.165, 1.54) is 56.3 Å². The topological polar surface area (TPSA) is 12.4 Å². The van der Waals surface area contributed by atoms with Crippen molar-refractivity contribution in [2.75, 3.05) is 6.54 Å². The lowest BCUT2D eigenvalue weighted by atomic mass is 10.1. The third-order valence-electron chi connectivity index (χ3n) is 4.61. The summed E-state index contributed by atoms with van der Waals surface area (Å²) in [5.41, 5.74) is 0. The van der Waals surface area contributed by atoms with Crippen molar-refractivity contribution in [2.45, 2.75) is 88.9 Å². The minimum absolute atomic E-state index is 0.960. The van der Waals surface area contributed by atoms with Crippen molar-refractivity contribution in [1.29, 1.82) is 0 Å². The number of rotatable bonds is 15. The summed E-state index contributed by atoms with van der Waals surface area (Å²) in [7, 11) is -1.99. The molecule has 0 aromatic heterocycles. The third kappa shape index (κ3) is 14.9. The first kappa shape index (κ1) is 22.6. The Labute approximate surface area is 148 Å². The van der Waals surface area contributed by atoms with Crippen molar-refractivity contribution < 1.29 is 0 Å². The quantitative estimate of drug-likeness (QED) is 0.128. The second kappa shape index (κ2) is 12.9. The lowest BCUT2D eigenvalue weighted by Crippen LogP contribution is -2.23. The number of nitrogens with zero attached hydrogens (tertiary/aromatic N) is 1. The van der Waals surface area contributed by atoms with Crippen LogP contribution in [0.25, 0.3) is 0 Å². The molecule has 0 aliphatic carbocycles. The second-order valence-electron chi connectivity index (χ2n) is 8.46. The Hall–Kier alpha value is -0.416. The minimum atomic E-state index is -1.03. The maximum Gasteiger partial charge on any atom is 0.0514 e. The monoisotopic (exact) mass is 351 g/mol. The van der Waals surface area contributed by atoms with Crippen LogP contribution in [0.2, 0.25) is 50.4 Å². The summed E-state index contributed by atoms with van der Waals surface area (Å²) < 4.78 is 0. The Balaban J connectivity index is 3.47. The lowest BCUT2D eigenvalue weighted by molar-refractivity contribution is 0.636. The fraction of sp³-hybridized carbons (Fsp3) is 0.750. The van der Waals surface area contributed by atoms with E-state index >= 15 is 0 Å². The molecule has 0 rings (SSSR count). The van der Waals surface area contributed by atoms with E-state index in [1.807, 2.05) is 0 Å². The van der Waals surface area contributed by atoms with Crippen molar-refractivity contribution >= 4 is 22.4 Å². The van der Waals surface area contributed by atoms with Gasteiger partial charge in [0.1, 0.15) is 0 Å². The van der Waals surface area contributed by atoms with Crippen LogP contribution in [0.4, 0.5) is 0 Å². The molecule has 0 saturated carbocycles. The summed E-state index contributed by atoms with van der Waals surface area (Å²) >= 11 is 0. The second-order valence-corrected chi connectivity index (χ2v) is 18.9. The zero-order chi connectivity index (χ0) is 17.6. The van der Waals surface area contributed by atoms with Gasteiger partial charge in [0.15, 0.2) is 0 Å². The zero-order valence-corrected chi connectivity index (χ0v) is 18.4. The Morgan fingerprint density at radius 2 is 1.26 bits per heavy atom. The highest BCUT2D eigenvalue weighted by Gasteiger charge is 2.17. The summed E-state index contributed by atoms with van der Waals surface area (Å²) in [6.45, 7) is 18.7. The number of hydrogen-bond donors (Lipinski definition) is 0. The standard InChI is InChI=1S/C20H41NSi2/c1-7-17-22(3,4)19-13-11-9-10-12-15-21-16-14-20-23(5,6)18-8-2/h7-8,16H,1-2,9-15,17-20H2,3-6H3. The maximum absolute atomic E-state index is 4.58. The highest BCUT2D eigenvalue weighted by atomic mass is 28.3. The molecule has 0 amide bonds. The molecule has 0 bridgehead atoms. The highest BCUT2D eigenvalue weighted by Crippen LogP contribution is 2.20. The van der Waals surface area contributed by atoms with Gasteiger partial charge in [0.05, 0.1) is 16.1 Å². The number of unbranched alkanes of at least 4 members (excludes halogenated alkanes) is 4. The molecule has 0 radical (unpaired) electrons. The van der Waals surface area contributed by atoms with Crippen LogP contribution in [0.1, 0.15) is 38.5 Å². The SMILES string of the molecule is C=CC[Si](C)(C)CCC=NCCCCCCC[Si](C)(C)CC=C. The smallest absolute Gasteiger partial charge is 0.0514 e. The van der Waals surface area contributed by atoms with Gasteiger partial charge in [-0.05, 0) is 31.1 Å². The van der Waals surface area contributed by atoms with Gasteiger partial charge in [-0.25, -0.2) is 0 Å². The molecule has 0 atom stereocenters. The van der Waals surface area contributed by atoms with Gasteiger partial charge in [-0.3, -0.25) is 4.99 Å². The molecule has 0 unspecified atom stereocenters. The van der Waals surface area contributed by atoms with Gasteiger partial charge >= 0.3 is 0 Å². The van der Waals surface area contributed by atoms with E-state index in [2.05, 4.69) is 62.7 Å². The van der Waals surface area contributed by atoms with E-state index in [-0.39, 0.29) is 0 Å². The van der Waals surface area contributed by atoms with E-state index in [0.29, 0.717) is 0 Å². The van der Waals surface area contributed by atoms with E-state index in [0.717, 1.165) is 13.0 Å². The van der Waals surface area contributed by atoms with Crippen LogP contribution < -0.4 is 0 Å². The molecule has 0 aromatic rings. The third-order valence-corrected chi connectivity index (χ3v) is 10.8. The fourth-order valence-corrected chi connectivity index (χ4v) is 7.05. The first-order chi connectivity index (χ1) is 10.8. The summed E-state index contributed by atoms with van der Waals surface area (Å²) in [4.78, 5) is 4.58. The molecule has 0 N–H and O–H groups in total. The summed E-state index contributed by atoms with van der Waals surface area (Å²) in [5.74, 6) is 0. The van der Waals surface area contributed by atoms with E-state index in [4.69, 9.17) is 0 Å². The van der Waals surface area contributed by atoms with E-state index < -0.39 is 16.1 Å². The lowest BCUT2D eigenvalue weighted by Gasteiger charge is -2.19. The Morgan fingerprint density at radius 1 is 0.739 bits per heavy atom. The Kier molecular flexibility index (Phi) is 12.7. The molecule has 0 spiro atoms. The molecule has 0 saturated heterocycles. The summed E-state index contributed by atoms with van der Waals surface area (Å²) in [6.07, 6.45) is 14.3. The number of hydrogen-bond acceptors (Lipinski definition) is 1. The van der Waals surface area contributed by atoms with Crippen LogP contribution in [-0.2, 0) is 0 Å². The predicted molar refractivity (Wildman–Crippen MR) is 116 cm³/mol. The van der Waals surface area contributed by atoms with E-state index in [9.17, 15) is 0 Å². The van der Waals surface area contributed by atoms with Gasteiger partial charge in [-0.2, -0.15) is 0 Å². The number of aliphatic imine (C=N–C) groups is 1. The summed E-state index contributed by atoms with van der Waals surface area (Å²) in [6, 6.07) is 5.30. The van der Waals surface area contributed by atoms with Crippen molar-refractivity contribution in [2.24, 2.45) is 4.99 Å². The molecule has 0 aliphatic rings. The molecular formula is C20H41NSi2. The zero-order valence-electron chi connectivity index (χ0n) is 16.4. The molecule has 1 nitrogen and oxygen atoms in total. The highest BCUT2D eigenvalue weighted by molar-refractivity contribution is 6.78. The molecule has 0 aliphatic heterocycles. The van der Waals surface area contributed by atoms with Crippen LogP contribution in [-0.4, -0.2) is 28.9 Å². The first-order valence-corrected chi connectivity index (χ1v) is 16.4. The largest absolute Gasteiger partial charge is 0.298 e. The Bertz CT molecular complexity index is 346. The molecule has 3 heteroatoms. The van der Waals surface area contributed by atoms with Crippen molar-refractivity contribution in [1.82, 2.24) is 0 Å². The van der Waals surface area contributed by atoms with Gasteiger partial charge < -0.3 is 0 Å². The van der Waals surface area contributed by atoms with E-state index in [1.54, 1.807) is 0 Å². The molecule has 0 heterocycles. The van der Waals surface area contributed by atoms with Gasteiger partial charge in [0.2, 0.25) is 0 Å². The minimum Gasteiger partial charge on any atom is -0.298 e. The van der Waals surface area contributed by atoms with Crippen LogP contribution in [0, 0.1) is 0 Å².